The van der Waals surface area contributed by atoms with Gasteiger partial charge in [0.05, 0.1) is 12.3 Å². The molecular weight excluding hydrogens is 176 g/mol. The maximum Gasteiger partial charge on any atom is 0.0726 e. The molecule has 0 saturated heterocycles. The highest BCUT2D eigenvalue weighted by Crippen LogP contribution is 2.26. The number of aromatic nitrogens is 2. The van der Waals surface area contributed by atoms with Gasteiger partial charge in [-0.15, -0.1) is 0 Å². The van der Waals surface area contributed by atoms with Crippen molar-refractivity contribution in [1.29, 1.82) is 0 Å². The van der Waals surface area contributed by atoms with E-state index in [1.165, 1.54) is 5.57 Å². The molecule has 0 aromatic carbocycles. The molecule has 14 heavy (non-hydrogen) atoms. The van der Waals surface area contributed by atoms with E-state index in [4.69, 9.17) is 0 Å². The minimum atomic E-state index is -0.260. The fraction of sp³-hybridized carbons (Fsp3) is 0.545. The van der Waals surface area contributed by atoms with Gasteiger partial charge in [-0.1, -0.05) is 6.08 Å². The van der Waals surface area contributed by atoms with Crippen LogP contribution in [0.2, 0.25) is 0 Å². The average molecular weight is 192 g/mol. The Morgan fingerprint density at radius 2 is 2.50 bits per heavy atom. The summed E-state index contributed by atoms with van der Waals surface area (Å²) in [5.74, 6) is 0. The van der Waals surface area contributed by atoms with Crippen molar-refractivity contribution < 1.29 is 5.11 Å². The molecule has 0 fully saturated rings. The zero-order valence-electron chi connectivity index (χ0n) is 8.48. The number of aryl methyl sites for hydroxylation is 1. The van der Waals surface area contributed by atoms with Crippen LogP contribution < -0.4 is 0 Å². The third-order valence-electron chi connectivity index (χ3n) is 2.67. The summed E-state index contributed by atoms with van der Waals surface area (Å²) in [6, 6.07) is 0. The molecule has 1 atom stereocenters. The van der Waals surface area contributed by atoms with E-state index in [2.05, 4.69) is 12.0 Å². The van der Waals surface area contributed by atoms with Crippen LogP contribution in [-0.4, -0.2) is 21.0 Å². The zero-order valence-corrected chi connectivity index (χ0v) is 8.48. The van der Waals surface area contributed by atoms with Crippen LogP contribution in [-0.2, 0) is 6.54 Å². The largest absolute Gasteiger partial charge is 0.389 e. The molecule has 1 N–H and O–H groups in total. The van der Waals surface area contributed by atoms with Gasteiger partial charge in [0.1, 0.15) is 0 Å². The molecule has 0 bridgehead atoms. The first kappa shape index (κ1) is 9.46. The molecule has 1 unspecified atom stereocenters. The quantitative estimate of drug-likeness (QED) is 0.776. The van der Waals surface area contributed by atoms with Crippen LogP contribution >= 0.6 is 0 Å². The lowest BCUT2D eigenvalue weighted by molar-refractivity contribution is 0.206. The lowest BCUT2D eigenvalue weighted by Crippen LogP contribution is -2.08. The highest BCUT2D eigenvalue weighted by molar-refractivity contribution is 5.65. The predicted octanol–water partition coefficient (Wildman–Crippen LogP) is 1.83. The molecule has 0 saturated carbocycles. The summed E-state index contributed by atoms with van der Waals surface area (Å²) in [5, 5.41) is 13.7. The van der Waals surface area contributed by atoms with Crippen molar-refractivity contribution in [3.63, 3.8) is 0 Å². The van der Waals surface area contributed by atoms with E-state index in [-0.39, 0.29) is 6.10 Å². The van der Waals surface area contributed by atoms with Crippen molar-refractivity contribution in [3.8, 4) is 0 Å². The fourth-order valence-corrected chi connectivity index (χ4v) is 1.84. The van der Waals surface area contributed by atoms with E-state index in [0.717, 1.165) is 31.4 Å². The monoisotopic (exact) mass is 192 g/mol. The summed E-state index contributed by atoms with van der Waals surface area (Å²) < 4.78 is 1.91. The van der Waals surface area contributed by atoms with Crippen LogP contribution in [0.4, 0.5) is 0 Å². The molecule has 3 nitrogen and oxygen atoms in total. The van der Waals surface area contributed by atoms with Crippen LogP contribution in [0.15, 0.2) is 18.5 Å². The summed E-state index contributed by atoms with van der Waals surface area (Å²) in [6.45, 7) is 2.97. The van der Waals surface area contributed by atoms with Gasteiger partial charge in [-0.25, -0.2) is 0 Å². The average Bonchev–Trinajstić information content (AvgIpc) is 2.66. The minimum Gasteiger partial charge on any atom is -0.389 e. The number of hydrogen-bond donors (Lipinski definition) is 1. The van der Waals surface area contributed by atoms with Crippen molar-refractivity contribution in [2.24, 2.45) is 0 Å². The number of nitrogens with zero attached hydrogens (tertiary/aromatic N) is 2. The van der Waals surface area contributed by atoms with Crippen molar-refractivity contribution in [2.45, 2.75) is 38.8 Å². The van der Waals surface area contributed by atoms with Gasteiger partial charge in [0.15, 0.2) is 0 Å². The second kappa shape index (κ2) is 3.96. The summed E-state index contributed by atoms with van der Waals surface area (Å²) in [6.07, 6.45) is 8.66. The molecule has 0 spiro atoms. The second-order valence-electron chi connectivity index (χ2n) is 3.74. The maximum absolute atomic E-state index is 9.50. The van der Waals surface area contributed by atoms with E-state index in [9.17, 15) is 5.11 Å². The molecule has 1 aliphatic carbocycles. The third kappa shape index (κ3) is 1.87. The Kier molecular flexibility index (Phi) is 2.68. The second-order valence-corrected chi connectivity index (χ2v) is 3.74. The summed E-state index contributed by atoms with van der Waals surface area (Å²) in [7, 11) is 0. The van der Waals surface area contributed by atoms with Crippen LogP contribution in [0.5, 0.6) is 0 Å². The molecular formula is C11H16N2O. The third-order valence-corrected chi connectivity index (χ3v) is 2.67. The Bertz CT molecular complexity index is 341. The van der Waals surface area contributed by atoms with Gasteiger partial charge in [0.2, 0.25) is 0 Å². The lowest BCUT2D eigenvalue weighted by atomic mass is 9.94. The molecule has 1 aliphatic rings. The Labute approximate surface area is 84.1 Å². The first-order chi connectivity index (χ1) is 6.79. The maximum atomic E-state index is 9.50. The Balaban J connectivity index is 2.21. The number of aliphatic hydroxyl groups is 1. The van der Waals surface area contributed by atoms with Crippen LogP contribution in [0.25, 0.3) is 5.57 Å². The summed E-state index contributed by atoms with van der Waals surface area (Å²) >= 11 is 0. The molecule has 1 aromatic heterocycles. The summed E-state index contributed by atoms with van der Waals surface area (Å²) in [5.41, 5.74) is 2.40. The molecule has 76 valence electrons. The van der Waals surface area contributed by atoms with Gasteiger partial charge in [0.25, 0.3) is 0 Å². The number of rotatable bonds is 2. The molecule has 3 heteroatoms. The Morgan fingerprint density at radius 1 is 1.64 bits per heavy atom. The number of allylic oxidation sites excluding steroid dienone is 1. The molecule has 1 aromatic rings. The molecule has 0 amide bonds. The van der Waals surface area contributed by atoms with E-state index in [1.807, 2.05) is 23.2 Å². The van der Waals surface area contributed by atoms with Gasteiger partial charge >= 0.3 is 0 Å². The topological polar surface area (TPSA) is 38.0 Å². The minimum absolute atomic E-state index is 0.260. The van der Waals surface area contributed by atoms with E-state index < -0.39 is 0 Å². The fourth-order valence-electron chi connectivity index (χ4n) is 1.84. The van der Waals surface area contributed by atoms with Gasteiger partial charge in [-0.3, -0.25) is 4.68 Å². The normalized spacial score (nSPS) is 22.1. The van der Waals surface area contributed by atoms with Gasteiger partial charge in [-0.2, -0.15) is 5.10 Å². The molecule has 0 aliphatic heterocycles. The van der Waals surface area contributed by atoms with E-state index in [0.29, 0.717) is 0 Å². The molecule has 2 rings (SSSR count). The van der Waals surface area contributed by atoms with Crippen LogP contribution in [0, 0.1) is 0 Å². The number of hydrogen-bond acceptors (Lipinski definition) is 2. The van der Waals surface area contributed by atoms with E-state index >= 15 is 0 Å². The Morgan fingerprint density at radius 3 is 3.14 bits per heavy atom. The standard InChI is InChI=1S/C11H16N2O/c1-2-13-8-10(7-12-13)9-4-3-5-11(14)6-9/h6-8,11,14H,2-5H2,1H3. The molecule has 1 heterocycles. The van der Waals surface area contributed by atoms with Gasteiger partial charge in [-0.05, 0) is 31.8 Å². The SMILES string of the molecule is CCn1cc(C2=CC(O)CCC2)cn1. The highest BCUT2D eigenvalue weighted by atomic mass is 16.3. The first-order valence-electron chi connectivity index (χ1n) is 5.21. The van der Waals surface area contributed by atoms with Crippen LogP contribution in [0.3, 0.4) is 0 Å². The van der Waals surface area contributed by atoms with Crippen LogP contribution in [0.1, 0.15) is 31.7 Å². The smallest absolute Gasteiger partial charge is 0.0726 e. The van der Waals surface area contributed by atoms with Crippen molar-refractivity contribution >= 4 is 5.57 Å². The lowest BCUT2D eigenvalue weighted by Gasteiger charge is -2.15. The van der Waals surface area contributed by atoms with Gasteiger partial charge in [0, 0.05) is 18.3 Å². The van der Waals surface area contributed by atoms with E-state index in [1.54, 1.807) is 0 Å². The highest BCUT2D eigenvalue weighted by Gasteiger charge is 2.13. The van der Waals surface area contributed by atoms with Gasteiger partial charge < -0.3 is 5.11 Å². The van der Waals surface area contributed by atoms with Crippen molar-refractivity contribution in [3.05, 3.63) is 24.0 Å². The summed E-state index contributed by atoms with van der Waals surface area (Å²) in [4.78, 5) is 0. The predicted molar refractivity (Wildman–Crippen MR) is 55.7 cm³/mol. The Hall–Kier alpha value is -1.09. The van der Waals surface area contributed by atoms with Crippen molar-refractivity contribution in [1.82, 2.24) is 9.78 Å². The first-order valence-corrected chi connectivity index (χ1v) is 5.21. The van der Waals surface area contributed by atoms with Crippen molar-refractivity contribution in [2.75, 3.05) is 0 Å². The molecule has 0 radical (unpaired) electrons. The zero-order chi connectivity index (χ0) is 9.97. The number of aliphatic hydroxyl groups excluding tert-OH is 1.